The maximum atomic E-state index is 13.8. The molecule has 212 valence electrons. The van der Waals surface area contributed by atoms with E-state index in [9.17, 15) is 18.0 Å². The number of ether oxygens (including phenoxy) is 1. The van der Waals surface area contributed by atoms with Crippen LogP contribution in [-0.2, 0) is 14.8 Å². The maximum Gasteiger partial charge on any atom is 0.259 e. The Labute approximate surface area is 238 Å². The molecule has 3 aromatic carbocycles. The lowest BCUT2D eigenvalue weighted by molar-refractivity contribution is 0.0730. The van der Waals surface area contributed by atoms with Crippen molar-refractivity contribution < 1.29 is 22.4 Å². The molecular formula is C31H31N3O6S. The van der Waals surface area contributed by atoms with Gasteiger partial charge in [-0.25, -0.2) is 8.42 Å². The topological polar surface area (TPSA) is 109 Å². The van der Waals surface area contributed by atoms with Crippen molar-refractivity contribution in [2.75, 3.05) is 49.6 Å². The van der Waals surface area contributed by atoms with E-state index in [1.54, 1.807) is 37.3 Å². The number of hydrogen-bond donors (Lipinski definition) is 1. The zero-order valence-corrected chi connectivity index (χ0v) is 23.6. The normalized spacial score (nSPS) is 16.3. The molecule has 0 radical (unpaired) electrons. The molecule has 2 saturated heterocycles. The molecule has 10 heteroatoms. The van der Waals surface area contributed by atoms with Crippen LogP contribution in [0.15, 0.2) is 80.8 Å². The molecular weight excluding hydrogens is 542 g/mol. The summed E-state index contributed by atoms with van der Waals surface area (Å²) in [6.45, 7) is 4.55. The Kier molecular flexibility index (Phi) is 7.37. The minimum absolute atomic E-state index is 0.101. The molecule has 0 saturated carbocycles. The highest BCUT2D eigenvalue weighted by atomic mass is 32.2. The van der Waals surface area contributed by atoms with Gasteiger partial charge in [0.25, 0.3) is 5.91 Å². The van der Waals surface area contributed by atoms with E-state index in [0.29, 0.717) is 35.6 Å². The number of fused-ring (bicyclic) bond motifs is 1. The molecule has 41 heavy (non-hydrogen) atoms. The highest BCUT2D eigenvalue weighted by Crippen LogP contribution is 2.34. The number of para-hydroxylation sites is 1. The molecule has 0 spiro atoms. The van der Waals surface area contributed by atoms with E-state index in [1.807, 2.05) is 30.3 Å². The first-order chi connectivity index (χ1) is 19.8. The summed E-state index contributed by atoms with van der Waals surface area (Å²) in [6, 6.07) is 19.1. The van der Waals surface area contributed by atoms with Gasteiger partial charge in [0.05, 0.1) is 40.4 Å². The minimum atomic E-state index is -3.78. The average molecular weight is 574 g/mol. The Morgan fingerprint density at radius 1 is 0.902 bits per heavy atom. The molecule has 1 amide bonds. The quantitative estimate of drug-likeness (QED) is 0.358. The Balaban J connectivity index is 1.42. The second-order valence-corrected chi connectivity index (χ2v) is 12.2. The molecule has 1 N–H and O–H groups in total. The fraction of sp³-hybridized carbons (Fsp3) is 0.290. The van der Waals surface area contributed by atoms with Gasteiger partial charge in [0.15, 0.2) is 11.0 Å². The fourth-order valence-electron chi connectivity index (χ4n) is 5.49. The fourth-order valence-corrected chi connectivity index (χ4v) is 6.92. The number of nitrogens with zero attached hydrogens (tertiary/aromatic N) is 2. The third-order valence-corrected chi connectivity index (χ3v) is 9.59. The summed E-state index contributed by atoms with van der Waals surface area (Å²) >= 11 is 0. The molecule has 6 rings (SSSR count). The Morgan fingerprint density at radius 2 is 1.63 bits per heavy atom. The van der Waals surface area contributed by atoms with E-state index in [0.717, 1.165) is 37.2 Å². The predicted octanol–water partition coefficient (Wildman–Crippen LogP) is 4.64. The van der Waals surface area contributed by atoms with Gasteiger partial charge in [0.2, 0.25) is 10.0 Å². The lowest BCUT2D eigenvalue weighted by atomic mass is 10.0. The van der Waals surface area contributed by atoms with Gasteiger partial charge in [0, 0.05) is 37.3 Å². The van der Waals surface area contributed by atoms with Crippen LogP contribution in [0.4, 0.5) is 11.4 Å². The van der Waals surface area contributed by atoms with Gasteiger partial charge in [-0.15, -0.1) is 0 Å². The smallest absolute Gasteiger partial charge is 0.259 e. The number of hydrogen-bond acceptors (Lipinski definition) is 7. The van der Waals surface area contributed by atoms with Crippen LogP contribution in [0.25, 0.3) is 22.3 Å². The van der Waals surface area contributed by atoms with Crippen molar-refractivity contribution >= 4 is 38.3 Å². The minimum Gasteiger partial charge on any atom is -0.455 e. The monoisotopic (exact) mass is 573 g/mol. The Bertz CT molecular complexity index is 1770. The Morgan fingerprint density at radius 3 is 2.37 bits per heavy atom. The second-order valence-electron chi connectivity index (χ2n) is 10.3. The van der Waals surface area contributed by atoms with Crippen molar-refractivity contribution in [3.05, 3.63) is 88.1 Å². The number of nitrogens with one attached hydrogen (secondary N) is 1. The van der Waals surface area contributed by atoms with E-state index in [2.05, 4.69) is 10.2 Å². The van der Waals surface area contributed by atoms with E-state index in [4.69, 9.17) is 9.15 Å². The SMILES string of the molecule is Cc1c(-c2ccccc2)oc2c(C(=O)Nc3cc(S(=O)(=O)N4CCOCC4)ccc3N3CCCC3)cccc2c1=O. The first kappa shape index (κ1) is 27.2. The van der Waals surface area contributed by atoms with Crippen LogP contribution >= 0.6 is 0 Å². The summed E-state index contributed by atoms with van der Waals surface area (Å²) in [5.74, 6) is -0.0947. The maximum absolute atomic E-state index is 13.8. The van der Waals surface area contributed by atoms with Gasteiger partial charge in [-0.05, 0) is 50.1 Å². The molecule has 2 aliphatic rings. The largest absolute Gasteiger partial charge is 0.455 e. The summed E-state index contributed by atoms with van der Waals surface area (Å²) in [5.41, 5.74) is 2.48. The molecule has 9 nitrogen and oxygen atoms in total. The van der Waals surface area contributed by atoms with Crippen LogP contribution in [0.3, 0.4) is 0 Å². The van der Waals surface area contributed by atoms with Crippen molar-refractivity contribution in [1.29, 1.82) is 0 Å². The van der Waals surface area contributed by atoms with Crippen LogP contribution in [0, 0.1) is 6.92 Å². The second kappa shape index (κ2) is 11.1. The standard InChI is InChI=1S/C31H31N3O6S/c1-21-28(35)24-10-7-11-25(30(24)40-29(21)22-8-3-2-4-9-22)31(36)32-26-20-23(12-13-27(26)33-14-5-6-15-33)41(37,38)34-16-18-39-19-17-34/h2-4,7-13,20H,5-6,14-19H2,1H3,(H,32,36). The third-order valence-electron chi connectivity index (χ3n) is 7.70. The Hall–Kier alpha value is -3.99. The molecule has 1 aromatic heterocycles. The molecule has 4 aromatic rings. The number of morpholine rings is 1. The number of anilines is 2. The summed E-state index contributed by atoms with van der Waals surface area (Å²) in [4.78, 5) is 29.4. The number of sulfonamides is 1. The lowest BCUT2D eigenvalue weighted by Gasteiger charge is -2.27. The molecule has 0 bridgehead atoms. The number of carbonyl (C=O) groups is 1. The molecule has 0 atom stereocenters. The zero-order chi connectivity index (χ0) is 28.6. The van der Waals surface area contributed by atoms with Gasteiger partial charge in [-0.1, -0.05) is 36.4 Å². The summed E-state index contributed by atoms with van der Waals surface area (Å²) in [7, 11) is -3.78. The van der Waals surface area contributed by atoms with Crippen molar-refractivity contribution in [1.82, 2.24) is 4.31 Å². The molecule has 3 heterocycles. The van der Waals surface area contributed by atoms with Crippen molar-refractivity contribution in [3.8, 4) is 11.3 Å². The number of rotatable bonds is 6. The lowest BCUT2D eigenvalue weighted by Crippen LogP contribution is -2.40. The van der Waals surface area contributed by atoms with Gasteiger partial charge in [0.1, 0.15) is 5.76 Å². The van der Waals surface area contributed by atoms with Crippen LogP contribution < -0.4 is 15.6 Å². The number of carbonyl (C=O) groups excluding carboxylic acids is 1. The van der Waals surface area contributed by atoms with Gasteiger partial charge >= 0.3 is 0 Å². The average Bonchev–Trinajstić information content (AvgIpc) is 3.54. The predicted molar refractivity (Wildman–Crippen MR) is 158 cm³/mol. The molecule has 0 unspecified atom stereocenters. The van der Waals surface area contributed by atoms with E-state index >= 15 is 0 Å². The van der Waals surface area contributed by atoms with Crippen LogP contribution in [0.1, 0.15) is 28.8 Å². The van der Waals surface area contributed by atoms with Crippen LogP contribution in [0.2, 0.25) is 0 Å². The van der Waals surface area contributed by atoms with Gasteiger partial charge in [-0.3, -0.25) is 9.59 Å². The van der Waals surface area contributed by atoms with E-state index in [1.165, 1.54) is 10.4 Å². The van der Waals surface area contributed by atoms with Crippen LogP contribution in [-0.4, -0.2) is 58.0 Å². The number of amides is 1. The van der Waals surface area contributed by atoms with E-state index in [-0.39, 0.29) is 34.6 Å². The van der Waals surface area contributed by atoms with Gasteiger partial charge in [-0.2, -0.15) is 4.31 Å². The first-order valence-corrected chi connectivity index (χ1v) is 15.2. The summed E-state index contributed by atoms with van der Waals surface area (Å²) < 4.78 is 39.9. The van der Waals surface area contributed by atoms with Crippen LogP contribution in [0.5, 0.6) is 0 Å². The molecule has 0 aliphatic carbocycles. The molecule has 2 aliphatic heterocycles. The van der Waals surface area contributed by atoms with Crippen molar-refractivity contribution in [2.45, 2.75) is 24.7 Å². The van der Waals surface area contributed by atoms with Gasteiger partial charge < -0.3 is 19.4 Å². The third kappa shape index (κ3) is 5.14. The summed E-state index contributed by atoms with van der Waals surface area (Å²) in [5, 5.41) is 3.26. The first-order valence-electron chi connectivity index (χ1n) is 13.7. The number of benzene rings is 3. The summed E-state index contributed by atoms with van der Waals surface area (Å²) in [6.07, 6.45) is 2.02. The zero-order valence-electron chi connectivity index (χ0n) is 22.8. The van der Waals surface area contributed by atoms with E-state index < -0.39 is 15.9 Å². The molecule has 2 fully saturated rings. The highest BCUT2D eigenvalue weighted by Gasteiger charge is 2.29. The van der Waals surface area contributed by atoms with Crippen molar-refractivity contribution in [2.24, 2.45) is 0 Å². The highest BCUT2D eigenvalue weighted by molar-refractivity contribution is 7.89. The van der Waals surface area contributed by atoms with Crippen molar-refractivity contribution in [3.63, 3.8) is 0 Å².